The zero-order valence-corrected chi connectivity index (χ0v) is 16.3. The van der Waals surface area contributed by atoms with Crippen molar-refractivity contribution in [1.82, 2.24) is 14.7 Å². The summed E-state index contributed by atoms with van der Waals surface area (Å²) < 4.78 is 52.8. The van der Waals surface area contributed by atoms with Crippen molar-refractivity contribution in [2.75, 3.05) is 12.5 Å². The standard InChI is InChI=1S/C13H11N3O.2CH4O3S/c1-9-15-12-3-2-11(8-13(12)16(9)17)10-4-6-14-7-5-10;2*1-5(2,3)4/h2-8,17H,1H3;2*1H3,(H,2,3,4). The van der Waals surface area contributed by atoms with Gasteiger partial charge in [0.25, 0.3) is 20.2 Å². The van der Waals surface area contributed by atoms with Crippen LogP contribution in [0.5, 0.6) is 0 Å². The maximum absolute atomic E-state index is 9.81. The first-order valence-electron chi connectivity index (χ1n) is 7.19. The number of fused-ring (bicyclic) bond motifs is 1. The molecule has 0 aliphatic rings. The lowest BCUT2D eigenvalue weighted by Crippen LogP contribution is -1.92. The van der Waals surface area contributed by atoms with Gasteiger partial charge in [-0.25, -0.2) is 4.98 Å². The Morgan fingerprint density at radius 3 is 1.85 bits per heavy atom. The normalized spacial score (nSPS) is 11.1. The van der Waals surface area contributed by atoms with Crippen molar-refractivity contribution < 1.29 is 31.1 Å². The van der Waals surface area contributed by atoms with Gasteiger partial charge in [-0.2, -0.15) is 21.6 Å². The van der Waals surface area contributed by atoms with Gasteiger partial charge in [0.2, 0.25) is 0 Å². The van der Waals surface area contributed by atoms with Crippen LogP contribution < -0.4 is 0 Å². The lowest BCUT2D eigenvalue weighted by atomic mass is 10.1. The van der Waals surface area contributed by atoms with E-state index in [1.165, 1.54) is 0 Å². The third-order valence-electron chi connectivity index (χ3n) is 2.81. The summed E-state index contributed by atoms with van der Waals surface area (Å²) in [4.78, 5) is 8.24. The van der Waals surface area contributed by atoms with Crippen LogP contribution in [0.15, 0.2) is 42.7 Å². The minimum absolute atomic E-state index is 0.590. The molecule has 0 spiro atoms. The predicted molar refractivity (Wildman–Crippen MR) is 99.8 cm³/mol. The van der Waals surface area contributed by atoms with E-state index in [4.69, 9.17) is 9.11 Å². The van der Waals surface area contributed by atoms with Crippen molar-refractivity contribution in [3.8, 4) is 11.1 Å². The monoisotopic (exact) mass is 417 g/mol. The highest BCUT2D eigenvalue weighted by Gasteiger charge is 2.07. The summed E-state index contributed by atoms with van der Waals surface area (Å²) >= 11 is 0. The SMILES string of the molecule is CS(=O)(=O)O.CS(=O)(=O)O.Cc1nc2ccc(-c3ccncc3)cc2n1O. The van der Waals surface area contributed by atoms with Gasteiger partial charge in [-0.3, -0.25) is 14.1 Å². The van der Waals surface area contributed by atoms with Gasteiger partial charge in [0.05, 0.1) is 18.0 Å². The van der Waals surface area contributed by atoms with Crippen LogP contribution in [0.3, 0.4) is 0 Å². The van der Waals surface area contributed by atoms with Crippen LogP contribution in [0.1, 0.15) is 5.82 Å². The molecule has 0 unspecified atom stereocenters. The van der Waals surface area contributed by atoms with E-state index in [0.717, 1.165) is 26.9 Å². The van der Waals surface area contributed by atoms with Gasteiger partial charge in [0, 0.05) is 12.4 Å². The third-order valence-corrected chi connectivity index (χ3v) is 2.81. The summed E-state index contributed by atoms with van der Waals surface area (Å²) in [5, 5.41) is 9.81. The molecule has 2 heterocycles. The number of hydrogen-bond donors (Lipinski definition) is 3. The number of pyridine rings is 1. The number of imidazole rings is 1. The van der Waals surface area contributed by atoms with Gasteiger partial charge in [-0.1, -0.05) is 6.07 Å². The second kappa shape index (κ2) is 8.90. The largest absolute Gasteiger partial charge is 0.427 e. The number of aromatic nitrogens is 3. The van der Waals surface area contributed by atoms with Gasteiger partial charge >= 0.3 is 0 Å². The summed E-state index contributed by atoms with van der Waals surface area (Å²) in [5.41, 5.74) is 3.62. The molecule has 0 amide bonds. The average molecular weight is 417 g/mol. The molecule has 12 heteroatoms. The molecular formula is C15H19N3O7S2. The summed E-state index contributed by atoms with van der Waals surface area (Å²) in [5.74, 6) is 0.590. The summed E-state index contributed by atoms with van der Waals surface area (Å²) in [6.07, 6.45) is 4.93. The Morgan fingerprint density at radius 2 is 1.37 bits per heavy atom. The van der Waals surface area contributed by atoms with Crippen molar-refractivity contribution in [3.63, 3.8) is 0 Å². The first kappa shape index (κ1) is 22.5. The van der Waals surface area contributed by atoms with Crippen LogP contribution in [0.25, 0.3) is 22.2 Å². The number of benzene rings is 1. The van der Waals surface area contributed by atoms with Gasteiger partial charge < -0.3 is 5.21 Å². The first-order valence-corrected chi connectivity index (χ1v) is 10.9. The van der Waals surface area contributed by atoms with Crippen LogP contribution in [-0.4, -0.2) is 58.4 Å². The highest BCUT2D eigenvalue weighted by atomic mass is 32.2. The molecule has 0 radical (unpaired) electrons. The number of hydrogen-bond acceptors (Lipinski definition) is 7. The van der Waals surface area contributed by atoms with E-state index in [2.05, 4.69) is 9.97 Å². The number of rotatable bonds is 1. The Bertz CT molecular complexity index is 1060. The van der Waals surface area contributed by atoms with Crippen molar-refractivity contribution in [2.24, 2.45) is 0 Å². The lowest BCUT2D eigenvalue weighted by Gasteiger charge is -2.01. The molecule has 0 bridgehead atoms. The van der Waals surface area contributed by atoms with Crippen molar-refractivity contribution >= 4 is 31.3 Å². The average Bonchev–Trinajstić information content (AvgIpc) is 2.79. The van der Waals surface area contributed by atoms with Crippen LogP contribution in [-0.2, 0) is 20.2 Å². The minimum Gasteiger partial charge on any atom is -0.427 e. The minimum atomic E-state index is -3.67. The Labute approximate surface area is 156 Å². The molecule has 0 atom stereocenters. The van der Waals surface area contributed by atoms with E-state index in [1.807, 2.05) is 30.3 Å². The molecule has 3 N–H and O–H groups in total. The predicted octanol–water partition coefficient (Wildman–Crippen LogP) is 1.65. The summed E-state index contributed by atoms with van der Waals surface area (Å²) in [7, 11) is -7.33. The number of nitrogens with zero attached hydrogens (tertiary/aromatic N) is 3. The molecule has 0 fully saturated rings. The highest BCUT2D eigenvalue weighted by molar-refractivity contribution is 7.85. The van der Waals surface area contributed by atoms with E-state index in [0.29, 0.717) is 18.3 Å². The second-order valence-corrected chi connectivity index (χ2v) is 8.31. The maximum atomic E-state index is 9.81. The Kier molecular flexibility index (Phi) is 7.42. The molecule has 10 nitrogen and oxygen atoms in total. The Morgan fingerprint density at radius 1 is 0.889 bits per heavy atom. The summed E-state index contributed by atoms with van der Waals surface area (Å²) in [6.45, 7) is 1.77. The molecule has 0 saturated carbocycles. The molecule has 1 aromatic carbocycles. The summed E-state index contributed by atoms with van der Waals surface area (Å²) in [6, 6.07) is 9.69. The van der Waals surface area contributed by atoms with Crippen molar-refractivity contribution in [3.05, 3.63) is 48.5 Å². The molecule has 2 aromatic heterocycles. The van der Waals surface area contributed by atoms with Crippen molar-refractivity contribution in [2.45, 2.75) is 6.92 Å². The fourth-order valence-corrected chi connectivity index (χ4v) is 1.91. The Hall–Kier alpha value is -2.54. The molecule has 3 rings (SSSR count). The van der Waals surface area contributed by atoms with Gasteiger partial charge in [0.15, 0.2) is 0 Å². The van der Waals surface area contributed by atoms with E-state index < -0.39 is 20.2 Å². The maximum Gasteiger partial charge on any atom is 0.261 e. The molecule has 27 heavy (non-hydrogen) atoms. The molecule has 148 valence electrons. The molecule has 0 aliphatic carbocycles. The van der Waals surface area contributed by atoms with Crippen molar-refractivity contribution in [1.29, 1.82) is 0 Å². The lowest BCUT2D eigenvalue weighted by molar-refractivity contribution is 0.191. The Balaban J connectivity index is 0.000000306. The van der Waals surface area contributed by atoms with E-state index in [9.17, 15) is 22.0 Å². The molecule has 0 aliphatic heterocycles. The third kappa shape index (κ3) is 9.10. The number of aryl methyl sites for hydroxylation is 1. The highest BCUT2D eigenvalue weighted by Crippen LogP contribution is 2.23. The van der Waals surface area contributed by atoms with E-state index in [-0.39, 0.29) is 0 Å². The van der Waals surface area contributed by atoms with E-state index >= 15 is 0 Å². The van der Waals surface area contributed by atoms with Crippen LogP contribution in [0.2, 0.25) is 0 Å². The van der Waals surface area contributed by atoms with Crippen LogP contribution in [0, 0.1) is 6.92 Å². The van der Waals surface area contributed by atoms with Crippen LogP contribution >= 0.6 is 0 Å². The van der Waals surface area contributed by atoms with Gasteiger partial charge in [0.1, 0.15) is 11.3 Å². The second-order valence-electron chi connectivity index (χ2n) is 5.38. The quantitative estimate of drug-likeness (QED) is 0.395. The fourth-order valence-electron chi connectivity index (χ4n) is 1.91. The van der Waals surface area contributed by atoms with E-state index in [1.54, 1.807) is 19.3 Å². The fraction of sp³-hybridized carbons (Fsp3) is 0.200. The zero-order chi connectivity index (χ0) is 20.8. The molecule has 3 aromatic rings. The van der Waals surface area contributed by atoms with Gasteiger partial charge in [-0.05, 0) is 42.3 Å². The molecular weight excluding hydrogens is 398 g/mol. The topological polar surface area (TPSA) is 160 Å². The van der Waals surface area contributed by atoms with Gasteiger partial charge in [-0.15, -0.1) is 0 Å². The zero-order valence-electron chi connectivity index (χ0n) is 14.7. The molecule has 0 saturated heterocycles. The first-order chi connectivity index (χ1) is 12.3. The smallest absolute Gasteiger partial charge is 0.261 e. The van der Waals surface area contributed by atoms with Crippen LogP contribution in [0.4, 0.5) is 0 Å².